The summed E-state index contributed by atoms with van der Waals surface area (Å²) in [6.07, 6.45) is 1.83. The third-order valence-electron chi connectivity index (χ3n) is 2.29. The van der Waals surface area contributed by atoms with Crippen molar-refractivity contribution in [2.75, 3.05) is 7.11 Å². The first-order valence-corrected chi connectivity index (χ1v) is 6.01. The predicted octanol–water partition coefficient (Wildman–Crippen LogP) is 4.21. The standard InChI is InChI=1S/C14H12BrNO/c1-17-14-7-5-11(6-8-14)10-16-13-4-2-3-12(15)9-13/h2-10H,1H3. The zero-order valence-electron chi connectivity index (χ0n) is 9.43. The van der Waals surface area contributed by atoms with Crippen molar-refractivity contribution in [1.82, 2.24) is 0 Å². The van der Waals surface area contributed by atoms with Crippen LogP contribution in [0.25, 0.3) is 0 Å². The van der Waals surface area contributed by atoms with Crippen molar-refractivity contribution in [2.45, 2.75) is 0 Å². The SMILES string of the molecule is COc1ccc(C=Nc2cccc(Br)c2)cc1. The Morgan fingerprint density at radius 2 is 1.88 bits per heavy atom. The summed E-state index contributed by atoms with van der Waals surface area (Å²) in [6, 6.07) is 15.7. The zero-order valence-corrected chi connectivity index (χ0v) is 11.0. The molecule has 0 heterocycles. The molecule has 0 spiro atoms. The van der Waals surface area contributed by atoms with Crippen LogP contribution in [0.15, 0.2) is 58.0 Å². The average molecular weight is 290 g/mol. The first-order chi connectivity index (χ1) is 8.28. The molecule has 0 aliphatic rings. The van der Waals surface area contributed by atoms with E-state index >= 15 is 0 Å². The van der Waals surface area contributed by atoms with E-state index in [2.05, 4.69) is 20.9 Å². The Morgan fingerprint density at radius 3 is 2.53 bits per heavy atom. The van der Waals surface area contributed by atoms with Crippen LogP contribution in [0.1, 0.15) is 5.56 Å². The van der Waals surface area contributed by atoms with Crippen molar-refractivity contribution >= 4 is 27.8 Å². The van der Waals surface area contributed by atoms with Gasteiger partial charge in [0.25, 0.3) is 0 Å². The second kappa shape index (κ2) is 5.64. The van der Waals surface area contributed by atoms with E-state index in [-0.39, 0.29) is 0 Å². The molecule has 0 amide bonds. The largest absolute Gasteiger partial charge is 0.497 e. The third-order valence-corrected chi connectivity index (χ3v) is 2.78. The molecule has 2 nitrogen and oxygen atoms in total. The maximum absolute atomic E-state index is 5.10. The van der Waals surface area contributed by atoms with Gasteiger partial charge in [-0.05, 0) is 48.0 Å². The first kappa shape index (κ1) is 11.9. The first-order valence-electron chi connectivity index (χ1n) is 5.21. The van der Waals surface area contributed by atoms with Gasteiger partial charge in [0, 0.05) is 10.7 Å². The highest BCUT2D eigenvalue weighted by Gasteiger charge is 1.92. The molecule has 0 aromatic heterocycles. The Morgan fingerprint density at radius 1 is 1.12 bits per heavy atom. The molecule has 0 unspecified atom stereocenters. The van der Waals surface area contributed by atoms with Crippen molar-refractivity contribution in [2.24, 2.45) is 4.99 Å². The quantitative estimate of drug-likeness (QED) is 0.776. The second-order valence-corrected chi connectivity index (χ2v) is 4.43. The Kier molecular flexibility index (Phi) is 3.94. The molecule has 0 radical (unpaired) electrons. The van der Waals surface area contributed by atoms with Crippen LogP contribution in [0.4, 0.5) is 5.69 Å². The van der Waals surface area contributed by atoms with Crippen LogP contribution in [0, 0.1) is 0 Å². The fourth-order valence-corrected chi connectivity index (χ4v) is 1.78. The number of rotatable bonds is 3. The minimum Gasteiger partial charge on any atom is -0.497 e. The van der Waals surface area contributed by atoms with E-state index in [0.29, 0.717) is 0 Å². The summed E-state index contributed by atoms with van der Waals surface area (Å²) in [4.78, 5) is 4.40. The molecule has 0 aliphatic carbocycles. The van der Waals surface area contributed by atoms with Gasteiger partial charge in [0.2, 0.25) is 0 Å². The summed E-state index contributed by atoms with van der Waals surface area (Å²) in [5.74, 6) is 0.851. The van der Waals surface area contributed by atoms with Crippen LogP contribution in [0.3, 0.4) is 0 Å². The monoisotopic (exact) mass is 289 g/mol. The summed E-state index contributed by atoms with van der Waals surface area (Å²) in [5.41, 5.74) is 1.97. The molecule has 3 heteroatoms. The van der Waals surface area contributed by atoms with Crippen LogP contribution < -0.4 is 4.74 Å². The number of halogens is 1. The number of benzene rings is 2. The Hall–Kier alpha value is -1.61. The molecular formula is C14H12BrNO. The molecule has 0 saturated heterocycles. The minimum absolute atomic E-state index is 0.851. The van der Waals surface area contributed by atoms with E-state index in [1.807, 2.05) is 54.7 Å². The van der Waals surface area contributed by atoms with E-state index in [4.69, 9.17) is 4.74 Å². The minimum atomic E-state index is 0.851. The molecule has 17 heavy (non-hydrogen) atoms. The summed E-state index contributed by atoms with van der Waals surface area (Å²) < 4.78 is 6.13. The maximum Gasteiger partial charge on any atom is 0.118 e. The van der Waals surface area contributed by atoms with Crippen molar-refractivity contribution < 1.29 is 4.74 Å². The van der Waals surface area contributed by atoms with Crippen molar-refractivity contribution in [3.8, 4) is 5.75 Å². The van der Waals surface area contributed by atoms with Crippen LogP contribution >= 0.6 is 15.9 Å². The predicted molar refractivity (Wildman–Crippen MR) is 74.4 cm³/mol. The number of ether oxygens (including phenoxy) is 1. The van der Waals surface area contributed by atoms with Gasteiger partial charge in [-0.15, -0.1) is 0 Å². The van der Waals surface area contributed by atoms with Gasteiger partial charge in [-0.25, -0.2) is 0 Å². The Bertz CT molecular complexity index is 520. The summed E-state index contributed by atoms with van der Waals surface area (Å²) >= 11 is 3.42. The molecule has 0 saturated carbocycles. The molecule has 0 aliphatic heterocycles. The Balaban J connectivity index is 2.14. The summed E-state index contributed by atoms with van der Waals surface area (Å²) in [6.45, 7) is 0. The highest BCUT2D eigenvalue weighted by molar-refractivity contribution is 9.10. The van der Waals surface area contributed by atoms with Gasteiger partial charge in [0.1, 0.15) is 5.75 Å². The number of hydrogen-bond donors (Lipinski definition) is 0. The van der Waals surface area contributed by atoms with Gasteiger partial charge >= 0.3 is 0 Å². The normalized spacial score (nSPS) is 10.7. The zero-order chi connectivity index (χ0) is 12.1. The third kappa shape index (κ3) is 3.43. The van der Waals surface area contributed by atoms with Crippen molar-refractivity contribution in [3.63, 3.8) is 0 Å². The van der Waals surface area contributed by atoms with E-state index in [9.17, 15) is 0 Å². The van der Waals surface area contributed by atoms with E-state index in [1.165, 1.54) is 0 Å². The van der Waals surface area contributed by atoms with Crippen LogP contribution in [0.5, 0.6) is 5.75 Å². The van der Waals surface area contributed by atoms with Crippen molar-refractivity contribution in [1.29, 1.82) is 0 Å². The van der Waals surface area contributed by atoms with E-state index in [1.54, 1.807) is 7.11 Å². The lowest BCUT2D eigenvalue weighted by molar-refractivity contribution is 0.415. The number of nitrogens with zero attached hydrogens (tertiary/aromatic N) is 1. The number of hydrogen-bond acceptors (Lipinski definition) is 2. The smallest absolute Gasteiger partial charge is 0.118 e. The maximum atomic E-state index is 5.10. The topological polar surface area (TPSA) is 21.6 Å². The van der Waals surface area contributed by atoms with Crippen LogP contribution in [0.2, 0.25) is 0 Å². The molecule has 0 N–H and O–H groups in total. The second-order valence-electron chi connectivity index (χ2n) is 3.51. The number of aliphatic imine (C=N–C) groups is 1. The van der Waals surface area contributed by atoms with Gasteiger partial charge in [0.05, 0.1) is 12.8 Å². The van der Waals surface area contributed by atoms with Gasteiger partial charge in [0.15, 0.2) is 0 Å². The molecule has 0 fully saturated rings. The number of methoxy groups -OCH3 is 1. The van der Waals surface area contributed by atoms with Crippen LogP contribution in [-0.4, -0.2) is 13.3 Å². The summed E-state index contributed by atoms with van der Waals surface area (Å²) in [7, 11) is 1.66. The fourth-order valence-electron chi connectivity index (χ4n) is 1.40. The average Bonchev–Trinajstić information content (AvgIpc) is 2.37. The lowest BCUT2D eigenvalue weighted by Gasteiger charge is -1.99. The summed E-state index contributed by atoms with van der Waals surface area (Å²) in [5, 5.41) is 0. The lowest BCUT2D eigenvalue weighted by atomic mass is 10.2. The Labute approximate surface area is 109 Å². The highest BCUT2D eigenvalue weighted by atomic mass is 79.9. The van der Waals surface area contributed by atoms with Gasteiger partial charge in [-0.1, -0.05) is 22.0 Å². The highest BCUT2D eigenvalue weighted by Crippen LogP contribution is 2.18. The van der Waals surface area contributed by atoms with E-state index in [0.717, 1.165) is 21.5 Å². The molecule has 2 aromatic rings. The molecular weight excluding hydrogens is 278 g/mol. The fraction of sp³-hybridized carbons (Fsp3) is 0.0714. The molecule has 2 aromatic carbocycles. The van der Waals surface area contributed by atoms with Crippen molar-refractivity contribution in [3.05, 3.63) is 58.6 Å². The molecule has 0 bridgehead atoms. The van der Waals surface area contributed by atoms with Gasteiger partial charge in [-0.3, -0.25) is 4.99 Å². The lowest BCUT2D eigenvalue weighted by Crippen LogP contribution is -1.84. The van der Waals surface area contributed by atoms with Gasteiger partial charge in [-0.2, -0.15) is 0 Å². The van der Waals surface area contributed by atoms with Gasteiger partial charge < -0.3 is 4.74 Å². The molecule has 0 atom stereocenters. The van der Waals surface area contributed by atoms with Crippen LogP contribution in [-0.2, 0) is 0 Å². The van der Waals surface area contributed by atoms with E-state index < -0.39 is 0 Å². The molecule has 2 rings (SSSR count). The molecule has 86 valence electrons.